The maximum atomic E-state index is 15.0. The Labute approximate surface area is 221 Å². The van der Waals surface area contributed by atoms with Crippen molar-refractivity contribution >= 4 is 0 Å². The van der Waals surface area contributed by atoms with Crippen molar-refractivity contribution < 1.29 is 37.9 Å². The maximum Gasteiger partial charge on any atom is 0.323 e. The van der Waals surface area contributed by atoms with Gasteiger partial charge in [0.2, 0.25) is 6.29 Å². The summed E-state index contributed by atoms with van der Waals surface area (Å²) in [6, 6.07) is 28.3. The van der Waals surface area contributed by atoms with E-state index in [0.717, 1.165) is 16.7 Å². The molecule has 6 nitrogen and oxygen atoms in total. The molecule has 204 valence electrons. The molecule has 1 saturated heterocycles. The average Bonchev–Trinajstić information content (AvgIpc) is 2.93. The standard InChI is InChI=1S/C30H34F2O6/c1-21-26(36-18-23-13-7-3-8-14-23)27(37-19-24-15-9-4-10-16-24)25(38-28(21)30(31,32)29(33)34)20-35-17-22-11-5-2-6-12-22/h2-16,21,25-29,33-34H,17-20H2,1H3/t21-,25-,26-,27-,28-/m1/s1. The number of aliphatic hydroxyl groups excluding tert-OH is 1. The fourth-order valence-electron chi connectivity index (χ4n) is 4.64. The molecule has 0 bridgehead atoms. The molecule has 3 aromatic rings. The van der Waals surface area contributed by atoms with Crippen LogP contribution >= 0.6 is 0 Å². The second-order valence-electron chi connectivity index (χ2n) is 9.53. The Morgan fingerprint density at radius 1 is 0.737 bits per heavy atom. The number of hydrogen-bond acceptors (Lipinski definition) is 6. The second kappa shape index (κ2) is 13.4. The minimum atomic E-state index is -3.93. The molecule has 0 aromatic heterocycles. The highest BCUT2D eigenvalue weighted by molar-refractivity contribution is 5.15. The van der Waals surface area contributed by atoms with Crippen LogP contribution in [-0.2, 0) is 38.8 Å². The van der Waals surface area contributed by atoms with E-state index in [0.29, 0.717) is 0 Å². The SMILES string of the molecule is C[C@@H]1[C@@H](OCc2ccccc2)[C@H](OCc2ccccc2)[C@@H](COCc2ccccc2)O[C@H]1C(F)(F)C(O)O. The largest absolute Gasteiger partial charge is 0.374 e. The Morgan fingerprint density at radius 2 is 1.18 bits per heavy atom. The van der Waals surface area contributed by atoms with Crippen molar-refractivity contribution in [1.29, 1.82) is 0 Å². The third kappa shape index (κ3) is 7.22. The Hall–Kier alpha value is -2.72. The zero-order valence-corrected chi connectivity index (χ0v) is 21.2. The molecule has 38 heavy (non-hydrogen) atoms. The number of hydrogen-bond donors (Lipinski definition) is 2. The molecule has 1 aliphatic rings. The first kappa shape index (κ1) is 28.3. The Morgan fingerprint density at radius 3 is 1.66 bits per heavy atom. The van der Waals surface area contributed by atoms with Gasteiger partial charge in [-0.25, -0.2) is 0 Å². The summed E-state index contributed by atoms with van der Waals surface area (Å²) in [5.74, 6) is -4.86. The van der Waals surface area contributed by atoms with Crippen molar-refractivity contribution in [2.75, 3.05) is 6.61 Å². The van der Waals surface area contributed by atoms with Gasteiger partial charge < -0.3 is 29.2 Å². The van der Waals surface area contributed by atoms with E-state index in [-0.39, 0.29) is 26.4 Å². The molecule has 0 radical (unpaired) electrons. The lowest BCUT2D eigenvalue weighted by molar-refractivity contribution is -0.322. The third-order valence-corrected chi connectivity index (χ3v) is 6.70. The summed E-state index contributed by atoms with van der Waals surface area (Å²) < 4.78 is 54.2. The number of ether oxygens (including phenoxy) is 4. The van der Waals surface area contributed by atoms with Crippen molar-refractivity contribution in [1.82, 2.24) is 0 Å². The molecule has 5 atom stereocenters. The molecule has 3 aromatic carbocycles. The molecular weight excluding hydrogens is 494 g/mol. The van der Waals surface area contributed by atoms with E-state index < -0.39 is 42.5 Å². The van der Waals surface area contributed by atoms with Crippen molar-refractivity contribution in [3.63, 3.8) is 0 Å². The van der Waals surface area contributed by atoms with E-state index >= 15 is 0 Å². The van der Waals surface area contributed by atoms with E-state index in [1.54, 1.807) is 6.92 Å². The molecule has 1 heterocycles. The summed E-state index contributed by atoms with van der Waals surface area (Å²) in [5.41, 5.74) is 2.70. The first-order valence-electron chi connectivity index (χ1n) is 12.7. The predicted octanol–water partition coefficient (Wildman–Crippen LogP) is 4.72. The third-order valence-electron chi connectivity index (χ3n) is 6.70. The van der Waals surface area contributed by atoms with Crippen LogP contribution in [-0.4, -0.2) is 53.4 Å². The maximum absolute atomic E-state index is 15.0. The molecule has 4 rings (SSSR count). The van der Waals surface area contributed by atoms with E-state index in [1.165, 1.54) is 0 Å². The molecule has 2 N–H and O–H groups in total. The molecule has 0 amide bonds. The highest BCUT2D eigenvalue weighted by atomic mass is 19.3. The quantitative estimate of drug-likeness (QED) is 0.331. The normalized spacial score (nSPS) is 24.0. The number of rotatable bonds is 12. The van der Waals surface area contributed by atoms with Gasteiger partial charge in [0.1, 0.15) is 18.3 Å². The predicted molar refractivity (Wildman–Crippen MR) is 137 cm³/mol. The Bertz CT molecular complexity index is 1080. The smallest absolute Gasteiger partial charge is 0.323 e. The topological polar surface area (TPSA) is 77.4 Å². The van der Waals surface area contributed by atoms with Crippen LogP contribution < -0.4 is 0 Å². The van der Waals surface area contributed by atoms with Crippen LogP contribution in [0.25, 0.3) is 0 Å². The van der Waals surface area contributed by atoms with Gasteiger partial charge in [0, 0.05) is 5.92 Å². The molecule has 0 saturated carbocycles. The number of alkyl halides is 2. The van der Waals surface area contributed by atoms with Gasteiger partial charge in [-0.05, 0) is 16.7 Å². The van der Waals surface area contributed by atoms with Crippen LogP contribution in [0.4, 0.5) is 8.78 Å². The van der Waals surface area contributed by atoms with E-state index in [4.69, 9.17) is 18.9 Å². The number of benzene rings is 3. The summed E-state index contributed by atoms with van der Waals surface area (Å²) in [6.45, 7) is 2.13. The molecule has 1 fully saturated rings. The monoisotopic (exact) mass is 528 g/mol. The lowest BCUT2D eigenvalue weighted by atomic mass is 9.84. The molecule has 0 unspecified atom stereocenters. The molecular formula is C30H34F2O6. The van der Waals surface area contributed by atoms with Gasteiger partial charge in [-0.1, -0.05) is 97.9 Å². The van der Waals surface area contributed by atoms with Gasteiger partial charge in [0.25, 0.3) is 0 Å². The average molecular weight is 529 g/mol. The van der Waals surface area contributed by atoms with Crippen LogP contribution in [0.15, 0.2) is 91.0 Å². The van der Waals surface area contributed by atoms with Gasteiger partial charge in [-0.2, -0.15) is 8.78 Å². The van der Waals surface area contributed by atoms with Gasteiger partial charge in [-0.3, -0.25) is 0 Å². The van der Waals surface area contributed by atoms with E-state index in [9.17, 15) is 19.0 Å². The van der Waals surface area contributed by atoms with Crippen LogP contribution in [0, 0.1) is 5.92 Å². The highest BCUT2D eigenvalue weighted by Gasteiger charge is 2.57. The zero-order chi connectivity index (χ0) is 27.0. The molecule has 0 aliphatic carbocycles. The molecule has 0 spiro atoms. The zero-order valence-electron chi connectivity index (χ0n) is 21.2. The van der Waals surface area contributed by atoms with Crippen LogP contribution in [0.2, 0.25) is 0 Å². The summed E-state index contributed by atoms with van der Waals surface area (Å²) in [6.07, 6.45) is -7.27. The lowest BCUT2D eigenvalue weighted by Gasteiger charge is -2.47. The Kier molecular flexibility index (Phi) is 9.96. The lowest BCUT2D eigenvalue weighted by Crippen LogP contribution is -2.63. The van der Waals surface area contributed by atoms with Crippen LogP contribution in [0.5, 0.6) is 0 Å². The number of aliphatic hydroxyl groups is 2. The number of halogens is 2. The summed E-state index contributed by atoms with van der Waals surface area (Å²) >= 11 is 0. The van der Waals surface area contributed by atoms with Crippen molar-refractivity contribution in [3.8, 4) is 0 Å². The summed E-state index contributed by atoms with van der Waals surface area (Å²) in [4.78, 5) is 0. The highest BCUT2D eigenvalue weighted by Crippen LogP contribution is 2.40. The first-order chi connectivity index (χ1) is 18.4. The van der Waals surface area contributed by atoms with Gasteiger partial charge >= 0.3 is 5.92 Å². The fourth-order valence-corrected chi connectivity index (χ4v) is 4.64. The Balaban J connectivity index is 1.58. The van der Waals surface area contributed by atoms with Gasteiger partial charge in [0.05, 0.1) is 32.5 Å². The van der Waals surface area contributed by atoms with Crippen LogP contribution in [0.3, 0.4) is 0 Å². The minimum absolute atomic E-state index is 0.0552. The molecule has 8 heteroatoms. The van der Waals surface area contributed by atoms with Crippen LogP contribution in [0.1, 0.15) is 23.6 Å². The first-order valence-corrected chi connectivity index (χ1v) is 12.7. The summed E-state index contributed by atoms with van der Waals surface area (Å²) in [7, 11) is 0. The van der Waals surface area contributed by atoms with Crippen molar-refractivity contribution in [3.05, 3.63) is 108 Å². The van der Waals surface area contributed by atoms with E-state index in [2.05, 4.69) is 0 Å². The molecule has 1 aliphatic heterocycles. The second-order valence-corrected chi connectivity index (χ2v) is 9.53. The minimum Gasteiger partial charge on any atom is -0.374 e. The van der Waals surface area contributed by atoms with E-state index in [1.807, 2.05) is 91.0 Å². The van der Waals surface area contributed by atoms with Gasteiger partial charge in [0.15, 0.2) is 0 Å². The summed E-state index contributed by atoms with van der Waals surface area (Å²) in [5, 5.41) is 19.0. The van der Waals surface area contributed by atoms with Crippen molar-refractivity contribution in [2.24, 2.45) is 5.92 Å². The van der Waals surface area contributed by atoms with Gasteiger partial charge in [-0.15, -0.1) is 0 Å². The fraction of sp³-hybridized carbons (Fsp3) is 0.400. The van der Waals surface area contributed by atoms with Crippen molar-refractivity contribution in [2.45, 2.75) is 63.4 Å².